The lowest BCUT2D eigenvalue weighted by Crippen LogP contribution is -2.13. The van der Waals surface area contributed by atoms with Gasteiger partial charge in [0.15, 0.2) is 0 Å². The molecule has 4 heteroatoms. The van der Waals surface area contributed by atoms with E-state index in [-0.39, 0.29) is 0 Å². The van der Waals surface area contributed by atoms with Crippen LogP contribution in [0.2, 0.25) is 0 Å². The number of para-hydroxylation sites is 1. The third-order valence-electron chi connectivity index (χ3n) is 4.85. The highest BCUT2D eigenvalue weighted by atomic mass is 16.5. The van der Waals surface area contributed by atoms with Gasteiger partial charge in [-0.3, -0.25) is 4.98 Å². The Kier molecular flexibility index (Phi) is 6.03. The minimum atomic E-state index is 0.513. The summed E-state index contributed by atoms with van der Waals surface area (Å²) in [6, 6.07) is 24.7. The minimum Gasteiger partial charge on any atom is -0.497 e. The van der Waals surface area contributed by atoms with Crippen LogP contribution in [-0.4, -0.2) is 12.1 Å². The van der Waals surface area contributed by atoms with Crippen LogP contribution in [0.15, 0.2) is 85.2 Å². The number of hydrogen-bond donors (Lipinski definition) is 1. The van der Waals surface area contributed by atoms with Crippen molar-refractivity contribution < 1.29 is 9.47 Å². The summed E-state index contributed by atoms with van der Waals surface area (Å²) >= 11 is 0. The number of pyridine rings is 1. The highest BCUT2D eigenvalue weighted by Crippen LogP contribution is 2.22. The Balaban J connectivity index is 1.37. The van der Waals surface area contributed by atoms with E-state index in [9.17, 15) is 0 Å². The first-order chi connectivity index (χ1) is 14.3. The predicted molar refractivity (Wildman–Crippen MR) is 116 cm³/mol. The molecule has 4 rings (SSSR count). The van der Waals surface area contributed by atoms with Crippen molar-refractivity contribution in [3.05, 3.63) is 102 Å². The van der Waals surface area contributed by atoms with Crippen molar-refractivity contribution in [3.8, 4) is 11.5 Å². The monoisotopic (exact) mass is 384 g/mol. The number of methoxy groups -OCH3 is 1. The molecule has 4 nitrogen and oxygen atoms in total. The lowest BCUT2D eigenvalue weighted by molar-refractivity contribution is 0.301. The van der Waals surface area contributed by atoms with Crippen molar-refractivity contribution in [2.24, 2.45) is 0 Å². The Morgan fingerprint density at radius 1 is 0.828 bits per heavy atom. The van der Waals surface area contributed by atoms with E-state index in [1.807, 2.05) is 42.6 Å². The van der Waals surface area contributed by atoms with Gasteiger partial charge in [-0.2, -0.15) is 0 Å². The maximum atomic E-state index is 6.01. The van der Waals surface area contributed by atoms with Crippen LogP contribution >= 0.6 is 0 Å². The largest absolute Gasteiger partial charge is 0.497 e. The first kappa shape index (κ1) is 19.0. The first-order valence-electron chi connectivity index (χ1n) is 9.69. The molecule has 0 unspecified atom stereocenters. The summed E-state index contributed by atoms with van der Waals surface area (Å²) in [6.45, 7) is 2.04. The van der Waals surface area contributed by atoms with Gasteiger partial charge in [0, 0.05) is 36.6 Å². The van der Waals surface area contributed by atoms with Gasteiger partial charge in [-0.15, -0.1) is 0 Å². The molecule has 1 heterocycles. The molecular weight excluding hydrogens is 360 g/mol. The van der Waals surface area contributed by atoms with Gasteiger partial charge in [-0.1, -0.05) is 42.5 Å². The highest BCUT2D eigenvalue weighted by molar-refractivity contribution is 5.84. The Morgan fingerprint density at radius 2 is 1.69 bits per heavy atom. The topological polar surface area (TPSA) is 43.4 Å². The van der Waals surface area contributed by atoms with Gasteiger partial charge in [0.25, 0.3) is 0 Å². The Hall–Kier alpha value is -3.37. The standard InChI is InChI=1S/C25H24N2O2/c1-28-24-11-10-21-13-19(8-9-22(21)14-24)15-27-17-23-6-2-3-7-25(23)29-18-20-5-4-12-26-16-20/h2-14,16,27H,15,17-18H2,1H3. The van der Waals surface area contributed by atoms with E-state index < -0.39 is 0 Å². The average molecular weight is 384 g/mol. The summed E-state index contributed by atoms with van der Waals surface area (Å²) in [6.07, 6.45) is 3.60. The van der Waals surface area contributed by atoms with Crippen molar-refractivity contribution in [2.45, 2.75) is 19.7 Å². The molecule has 1 aromatic heterocycles. The average Bonchev–Trinajstić information content (AvgIpc) is 2.78. The molecule has 0 aliphatic rings. The number of benzene rings is 3. The van der Waals surface area contributed by atoms with Crippen molar-refractivity contribution in [1.29, 1.82) is 0 Å². The van der Waals surface area contributed by atoms with Crippen molar-refractivity contribution in [2.75, 3.05) is 7.11 Å². The van der Waals surface area contributed by atoms with Gasteiger partial charge in [-0.25, -0.2) is 0 Å². The van der Waals surface area contributed by atoms with Gasteiger partial charge in [-0.05, 0) is 46.7 Å². The quantitative estimate of drug-likeness (QED) is 0.458. The fourth-order valence-corrected chi connectivity index (χ4v) is 3.29. The molecule has 0 amide bonds. The molecule has 29 heavy (non-hydrogen) atoms. The molecule has 0 atom stereocenters. The molecule has 0 bridgehead atoms. The summed E-state index contributed by atoms with van der Waals surface area (Å²) in [5.41, 5.74) is 3.45. The number of aromatic nitrogens is 1. The molecule has 1 N–H and O–H groups in total. The fourth-order valence-electron chi connectivity index (χ4n) is 3.29. The first-order valence-corrected chi connectivity index (χ1v) is 9.69. The maximum absolute atomic E-state index is 6.01. The van der Waals surface area contributed by atoms with Crippen LogP contribution in [0.5, 0.6) is 11.5 Å². The van der Waals surface area contributed by atoms with Crippen molar-refractivity contribution in [3.63, 3.8) is 0 Å². The lowest BCUT2D eigenvalue weighted by atomic mass is 10.1. The molecule has 0 aliphatic carbocycles. The number of ether oxygens (including phenoxy) is 2. The number of hydrogen-bond acceptors (Lipinski definition) is 4. The van der Waals surface area contributed by atoms with Gasteiger partial charge in [0.2, 0.25) is 0 Å². The Labute approximate surface area is 171 Å². The van der Waals surface area contributed by atoms with Crippen LogP contribution in [0.3, 0.4) is 0 Å². The van der Waals surface area contributed by atoms with Gasteiger partial charge >= 0.3 is 0 Å². The van der Waals surface area contributed by atoms with Crippen LogP contribution in [-0.2, 0) is 19.7 Å². The number of fused-ring (bicyclic) bond motifs is 1. The van der Waals surface area contributed by atoms with Gasteiger partial charge in [0.1, 0.15) is 18.1 Å². The Bertz CT molecular complexity index is 1080. The van der Waals surface area contributed by atoms with Crippen LogP contribution in [0.4, 0.5) is 0 Å². The molecule has 0 saturated carbocycles. The molecule has 4 aromatic rings. The third-order valence-corrected chi connectivity index (χ3v) is 4.85. The molecule has 0 spiro atoms. The normalized spacial score (nSPS) is 10.8. The van der Waals surface area contributed by atoms with E-state index in [0.717, 1.165) is 35.7 Å². The molecule has 0 fully saturated rings. The van der Waals surface area contributed by atoms with E-state index in [0.29, 0.717) is 6.61 Å². The lowest BCUT2D eigenvalue weighted by Gasteiger charge is -2.12. The van der Waals surface area contributed by atoms with E-state index in [4.69, 9.17) is 9.47 Å². The number of nitrogens with zero attached hydrogens (tertiary/aromatic N) is 1. The molecule has 146 valence electrons. The molecule has 3 aromatic carbocycles. The summed E-state index contributed by atoms with van der Waals surface area (Å²) in [5.74, 6) is 1.78. The summed E-state index contributed by atoms with van der Waals surface area (Å²) in [5, 5.41) is 5.92. The maximum Gasteiger partial charge on any atom is 0.124 e. The SMILES string of the molecule is COc1ccc2cc(CNCc3ccccc3OCc3cccnc3)ccc2c1. The van der Waals surface area contributed by atoms with Crippen LogP contribution in [0, 0.1) is 0 Å². The van der Waals surface area contributed by atoms with E-state index >= 15 is 0 Å². The fraction of sp³-hybridized carbons (Fsp3) is 0.160. The predicted octanol–water partition coefficient (Wildman–Crippen LogP) is 5.11. The van der Waals surface area contributed by atoms with E-state index in [1.54, 1.807) is 13.3 Å². The van der Waals surface area contributed by atoms with E-state index in [2.05, 4.69) is 46.7 Å². The molecular formula is C25H24N2O2. The zero-order valence-electron chi connectivity index (χ0n) is 16.5. The number of rotatable bonds is 8. The van der Waals surface area contributed by atoms with Crippen molar-refractivity contribution >= 4 is 10.8 Å². The molecule has 0 radical (unpaired) electrons. The van der Waals surface area contributed by atoms with Crippen LogP contribution in [0.25, 0.3) is 10.8 Å². The van der Waals surface area contributed by atoms with Crippen LogP contribution < -0.4 is 14.8 Å². The Morgan fingerprint density at radius 3 is 2.55 bits per heavy atom. The van der Waals surface area contributed by atoms with Gasteiger partial charge < -0.3 is 14.8 Å². The van der Waals surface area contributed by atoms with E-state index in [1.165, 1.54) is 16.3 Å². The van der Waals surface area contributed by atoms with Gasteiger partial charge in [0.05, 0.1) is 7.11 Å². The third kappa shape index (κ3) is 4.92. The molecule has 0 aliphatic heterocycles. The summed E-state index contributed by atoms with van der Waals surface area (Å²) in [7, 11) is 1.69. The highest BCUT2D eigenvalue weighted by Gasteiger charge is 2.04. The second-order valence-corrected chi connectivity index (χ2v) is 6.91. The summed E-state index contributed by atoms with van der Waals surface area (Å²) in [4.78, 5) is 4.13. The zero-order chi connectivity index (χ0) is 19.9. The molecule has 0 saturated heterocycles. The second kappa shape index (κ2) is 9.22. The van der Waals surface area contributed by atoms with Crippen molar-refractivity contribution in [1.82, 2.24) is 10.3 Å². The van der Waals surface area contributed by atoms with Crippen LogP contribution in [0.1, 0.15) is 16.7 Å². The smallest absolute Gasteiger partial charge is 0.124 e. The zero-order valence-corrected chi connectivity index (χ0v) is 16.5. The number of nitrogens with one attached hydrogen (secondary N) is 1. The second-order valence-electron chi connectivity index (χ2n) is 6.91. The summed E-state index contributed by atoms with van der Waals surface area (Å²) < 4.78 is 11.3. The minimum absolute atomic E-state index is 0.513.